The second-order valence-corrected chi connectivity index (χ2v) is 5.61. The molecule has 0 saturated carbocycles. The number of nitrogens with one attached hydrogen (secondary N) is 1. The molecule has 0 heterocycles. The quantitative estimate of drug-likeness (QED) is 0.837. The maximum atomic E-state index is 11.4. The second-order valence-electron chi connectivity index (χ2n) is 5.17. The summed E-state index contributed by atoms with van der Waals surface area (Å²) in [5, 5.41) is 3.43. The third kappa shape index (κ3) is 7.52. The molecule has 4 heteroatoms. The first-order valence-electron chi connectivity index (χ1n) is 6.26. The predicted octanol–water partition coefficient (Wildman–Crippen LogP) is 4.27. The van der Waals surface area contributed by atoms with E-state index in [9.17, 15) is 4.79 Å². The van der Waals surface area contributed by atoms with E-state index in [0.29, 0.717) is 6.54 Å². The molecule has 0 aromatic heterocycles. The van der Waals surface area contributed by atoms with Crippen LogP contribution in [0.5, 0.6) is 0 Å². The maximum absolute atomic E-state index is 11.4. The number of amides is 1. The predicted molar refractivity (Wildman–Crippen MR) is 79.3 cm³/mol. The van der Waals surface area contributed by atoms with E-state index in [1.807, 2.05) is 57.2 Å². The van der Waals surface area contributed by atoms with Crippen molar-refractivity contribution in [3.05, 3.63) is 40.9 Å². The molecule has 0 aliphatic rings. The van der Waals surface area contributed by atoms with Crippen LogP contribution >= 0.6 is 11.6 Å². The molecular formula is C15H20ClNO2. The molecule has 0 saturated heterocycles. The Hall–Kier alpha value is -1.48. The molecule has 104 valence electrons. The van der Waals surface area contributed by atoms with Crippen LogP contribution in [0.3, 0.4) is 0 Å². The lowest BCUT2D eigenvalue weighted by atomic mass is 10.2. The van der Waals surface area contributed by atoms with Crippen LogP contribution in [-0.2, 0) is 4.74 Å². The van der Waals surface area contributed by atoms with Crippen molar-refractivity contribution in [2.24, 2.45) is 0 Å². The van der Waals surface area contributed by atoms with Gasteiger partial charge in [-0.3, -0.25) is 0 Å². The fraction of sp³-hybridized carbons (Fsp3) is 0.400. The van der Waals surface area contributed by atoms with Gasteiger partial charge in [0.15, 0.2) is 0 Å². The minimum atomic E-state index is -0.455. The number of ether oxygens (including phenoxy) is 1. The van der Waals surface area contributed by atoms with Gasteiger partial charge >= 0.3 is 6.09 Å². The summed E-state index contributed by atoms with van der Waals surface area (Å²) in [6, 6.07) is 7.58. The Morgan fingerprint density at radius 1 is 1.32 bits per heavy atom. The highest BCUT2D eigenvalue weighted by Gasteiger charge is 2.14. The average molecular weight is 282 g/mol. The topological polar surface area (TPSA) is 38.3 Å². The lowest BCUT2D eigenvalue weighted by molar-refractivity contribution is 0.0529. The molecule has 1 amide bonds. The van der Waals surface area contributed by atoms with Crippen LogP contribution in [0.1, 0.15) is 32.8 Å². The summed E-state index contributed by atoms with van der Waals surface area (Å²) in [6.45, 7) is 6.08. The van der Waals surface area contributed by atoms with Gasteiger partial charge in [-0.05, 0) is 44.9 Å². The fourth-order valence-electron chi connectivity index (χ4n) is 1.37. The van der Waals surface area contributed by atoms with Crippen molar-refractivity contribution >= 4 is 23.8 Å². The maximum Gasteiger partial charge on any atom is 0.407 e. The summed E-state index contributed by atoms with van der Waals surface area (Å²) in [6.07, 6.45) is 4.36. The van der Waals surface area contributed by atoms with Crippen LogP contribution in [-0.4, -0.2) is 18.2 Å². The standard InChI is InChI=1S/C15H20ClNO2/c1-15(2,3)19-14(18)17-11-5-4-6-12-7-9-13(16)10-8-12/h4,6-10H,5,11H2,1-3H3,(H,17,18). The molecule has 0 unspecified atom stereocenters. The summed E-state index contributed by atoms with van der Waals surface area (Å²) in [5.41, 5.74) is 0.630. The zero-order valence-corrected chi connectivity index (χ0v) is 12.3. The van der Waals surface area contributed by atoms with Gasteiger partial charge in [-0.2, -0.15) is 0 Å². The summed E-state index contributed by atoms with van der Waals surface area (Å²) in [4.78, 5) is 11.4. The van der Waals surface area contributed by atoms with Crippen LogP contribution in [0.4, 0.5) is 4.79 Å². The van der Waals surface area contributed by atoms with Crippen molar-refractivity contribution in [3.8, 4) is 0 Å². The molecule has 1 aromatic carbocycles. The molecule has 19 heavy (non-hydrogen) atoms. The lowest BCUT2D eigenvalue weighted by Crippen LogP contribution is -2.32. The number of benzene rings is 1. The van der Waals surface area contributed by atoms with E-state index in [1.54, 1.807) is 0 Å². The average Bonchev–Trinajstić information content (AvgIpc) is 2.29. The number of carbonyl (C=O) groups is 1. The van der Waals surface area contributed by atoms with E-state index < -0.39 is 5.60 Å². The van der Waals surface area contributed by atoms with Crippen LogP contribution < -0.4 is 5.32 Å². The van der Waals surface area contributed by atoms with Crippen LogP contribution in [0.2, 0.25) is 5.02 Å². The summed E-state index contributed by atoms with van der Waals surface area (Å²) in [7, 11) is 0. The monoisotopic (exact) mass is 281 g/mol. The molecule has 1 rings (SSSR count). The van der Waals surface area contributed by atoms with Gasteiger partial charge < -0.3 is 10.1 Å². The van der Waals surface area contributed by atoms with E-state index in [-0.39, 0.29) is 6.09 Å². The van der Waals surface area contributed by atoms with E-state index in [2.05, 4.69) is 5.32 Å². The summed E-state index contributed by atoms with van der Waals surface area (Å²) in [5.74, 6) is 0. The Balaban J connectivity index is 2.24. The number of hydrogen-bond acceptors (Lipinski definition) is 2. The van der Waals surface area contributed by atoms with Gasteiger partial charge in [-0.25, -0.2) is 4.79 Å². The number of carbonyl (C=O) groups excluding carboxylic acids is 1. The Morgan fingerprint density at radius 2 is 1.95 bits per heavy atom. The van der Waals surface area contributed by atoms with Crippen LogP contribution in [0.15, 0.2) is 30.3 Å². The van der Waals surface area contributed by atoms with Crippen molar-refractivity contribution in [1.29, 1.82) is 0 Å². The van der Waals surface area contributed by atoms with Crippen molar-refractivity contribution in [3.63, 3.8) is 0 Å². The molecule has 0 radical (unpaired) electrons. The Labute approximate surface area is 119 Å². The third-order valence-corrected chi connectivity index (χ3v) is 2.41. The molecule has 0 spiro atoms. The van der Waals surface area contributed by atoms with E-state index in [0.717, 1.165) is 17.0 Å². The summed E-state index contributed by atoms with van der Waals surface area (Å²) >= 11 is 5.80. The number of hydrogen-bond donors (Lipinski definition) is 1. The Bertz CT molecular complexity index is 432. The second kappa shape index (κ2) is 7.19. The van der Waals surface area contributed by atoms with Gasteiger partial charge in [0.25, 0.3) is 0 Å². The molecule has 0 bridgehead atoms. The van der Waals surface area contributed by atoms with Gasteiger partial charge in [0.2, 0.25) is 0 Å². The lowest BCUT2D eigenvalue weighted by Gasteiger charge is -2.19. The number of rotatable bonds is 4. The van der Waals surface area contributed by atoms with Gasteiger partial charge in [0.05, 0.1) is 0 Å². The number of halogens is 1. The van der Waals surface area contributed by atoms with E-state index in [4.69, 9.17) is 16.3 Å². The molecular weight excluding hydrogens is 262 g/mol. The minimum Gasteiger partial charge on any atom is -0.444 e. The van der Waals surface area contributed by atoms with Crippen LogP contribution in [0.25, 0.3) is 6.08 Å². The molecule has 1 aromatic rings. The molecule has 0 fully saturated rings. The third-order valence-electron chi connectivity index (χ3n) is 2.16. The highest BCUT2D eigenvalue weighted by Crippen LogP contribution is 2.10. The largest absolute Gasteiger partial charge is 0.444 e. The van der Waals surface area contributed by atoms with Crippen molar-refractivity contribution in [2.45, 2.75) is 32.8 Å². The van der Waals surface area contributed by atoms with Crippen molar-refractivity contribution in [1.82, 2.24) is 5.32 Å². The summed E-state index contributed by atoms with van der Waals surface area (Å²) < 4.78 is 5.13. The molecule has 1 N–H and O–H groups in total. The smallest absolute Gasteiger partial charge is 0.407 e. The Kier molecular flexibility index (Phi) is 5.90. The molecule has 3 nitrogen and oxygen atoms in total. The van der Waals surface area contributed by atoms with E-state index >= 15 is 0 Å². The zero-order valence-electron chi connectivity index (χ0n) is 11.6. The first-order valence-corrected chi connectivity index (χ1v) is 6.63. The zero-order chi connectivity index (χ0) is 14.3. The van der Waals surface area contributed by atoms with E-state index in [1.165, 1.54) is 0 Å². The highest BCUT2D eigenvalue weighted by atomic mass is 35.5. The fourth-order valence-corrected chi connectivity index (χ4v) is 1.49. The first kappa shape index (κ1) is 15.6. The molecule has 0 atom stereocenters. The van der Waals surface area contributed by atoms with Gasteiger partial charge in [0.1, 0.15) is 5.60 Å². The normalized spacial score (nSPS) is 11.6. The highest BCUT2D eigenvalue weighted by molar-refractivity contribution is 6.30. The molecule has 0 aliphatic heterocycles. The van der Waals surface area contributed by atoms with Crippen LogP contribution in [0, 0.1) is 0 Å². The molecule has 0 aliphatic carbocycles. The SMILES string of the molecule is CC(C)(C)OC(=O)NCCC=Cc1ccc(Cl)cc1. The Morgan fingerprint density at radius 3 is 2.53 bits per heavy atom. The van der Waals surface area contributed by atoms with Gasteiger partial charge in [0, 0.05) is 11.6 Å². The van der Waals surface area contributed by atoms with Gasteiger partial charge in [-0.1, -0.05) is 35.9 Å². The minimum absolute atomic E-state index is 0.382. The first-order chi connectivity index (χ1) is 8.87. The van der Waals surface area contributed by atoms with Crippen molar-refractivity contribution < 1.29 is 9.53 Å². The van der Waals surface area contributed by atoms with Crippen molar-refractivity contribution in [2.75, 3.05) is 6.54 Å². The van der Waals surface area contributed by atoms with Gasteiger partial charge in [-0.15, -0.1) is 0 Å². The number of alkyl carbamates (subject to hydrolysis) is 1.